The second-order valence-electron chi connectivity index (χ2n) is 4.94. The highest BCUT2D eigenvalue weighted by Gasteiger charge is 2.28. The summed E-state index contributed by atoms with van der Waals surface area (Å²) >= 11 is 0. The molecule has 1 aliphatic heterocycles. The average Bonchev–Trinajstić information content (AvgIpc) is 2.94. The predicted octanol–water partition coefficient (Wildman–Crippen LogP) is 2.71. The van der Waals surface area contributed by atoms with Crippen molar-refractivity contribution in [2.24, 2.45) is 5.16 Å². The summed E-state index contributed by atoms with van der Waals surface area (Å²) in [6.07, 6.45) is 4.25. The van der Waals surface area contributed by atoms with Crippen molar-refractivity contribution >= 4 is 16.6 Å². The van der Waals surface area contributed by atoms with Crippen LogP contribution in [0.25, 0.3) is 10.9 Å². The molecule has 0 bridgehead atoms. The Morgan fingerprint density at radius 3 is 3.00 bits per heavy atom. The predicted molar refractivity (Wildman–Crippen MR) is 66.9 cm³/mol. The van der Waals surface area contributed by atoms with E-state index in [4.69, 9.17) is 0 Å². The minimum atomic E-state index is 0.869. The number of aromatic nitrogens is 1. The van der Waals surface area contributed by atoms with Gasteiger partial charge in [0.2, 0.25) is 0 Å². The van der Waals surface area contributed by atoms with Gasteiger partial charge in [0.15, 0.2) is 0 Å². The van der Waals surface area contributed by atoms with Gasteiger partial charge in [-0.25, -0.2) is 0 Å². The number of fused-ring (bicyclic) bond motifs is 3. The van der Waals surface area contributed by atoms with Crippen molar-refractivity contribution in [1.29, 1.82) is 0 Å². The van der Waals surface area contributed by atoms with E-state index >= 15 is 0 Å². The van der Waals surface area contributed by atoms with Crippen LogP contribution in [0, 0.1) is 0 Å². The fourth-order valence-electron chi connectivity index (χ4n) is 3.45. The van der Waals surface area contributed by atoms with Gasteiger partial charge in [-0.05, 0) is 31.2 Å². The van der Waals surface area contributed by atoms with Crippen LogP contribution in [0.1, 0.15) is 29.7 Å². The van der Waals surface area contributed by atoms with E-state index in [-0.39, 0.29) is 0 Å². The van der Waals surface area contributed by atoms with Crippen LogP contribution in [0.3, 0.4) is 0 Å². The second kappa shape index (κ2) is 3.13. The van der Waals surface area contributed by atoms with Crippen molar-refractivity contribution in [3.8, 4) is 0 Å². The summed E-state index contributed by atoms with van der Waals surface area (Å²) < 4.78 is 2.43. The summed E-state index contributed by atoms with van der Waals surface area (Å²) in [5, 5.41) is 14.0. The van der Waals surface area contributed by atoms with Crippen LogP contribution >= 0.6 is 0 Å². The molecule has 0 unspecified atom stereocenters. The molecular weight excluding hydrogens is 212 g/mol. The molecule has 0 saturated heterocycles. The molecule has 0 radical (unpaired) electrons. The highest BCUT2D eigenvalue weighted by atomic mass is 16.4. The minimum Gasteiger partial charge on any atom is -0.411 e. The molecule has 1 aliphatic carbocycles. The van der Waals surface area contributed by atoms with Gasteiger partial charge in [0.1, 0.15) is 0 Å². The molecule has 4 rings (SSSR count). The summed E-state index contributed by atoms with van der Waals surface area (Å²) in [5.74, 6) is 0. The molecule has 1 aromatic carbocycles. The largest absolute Gasteiger partial charge is 0.411 e. The zero-order valence-corrected chi connectivity index (χ0v) is 9.61. The summed E-state index contributed by atoms with van der Waals surface area (Å²) in [6.45, 7) is 1.09. The van der Waals surface area contributed by atoms with Gasteiger partial charge in [0, 0.05) is 23.2 Å². The normalized spacial score (nSPS) is 20.1. The van der Waals surface area contributed by atoms with E-state index in [1.54, 1.807) is 0 Å². The van der Waals surface area contributed by atoms with E-state index in [2.05, 4.69) is 27.9 Å². The number of rotatable bonds is 0. The molecular formula is C14H14N2O. The Balaban J connectivity index is 2.18. The summed E-state index contributed by atoms with van der Waals surface area (Å²) in [5.41, 5.74) is 6.27. The van der Waals surface area contributed by atoms with Crippen molar-refractivity contribution in [3.63, 3.8) is 0 Å². The molecule has 1 aromatic heterocycles. The highest BCUT2D eigenvalue weighted by molar-refractivity contribution is 6.13. The molecule has 2 heterocycles. The Morgan fingerprint density at radius 2 is 2.12 bits per heavy atom. The topological polar surface area (TPSA) is 37.5 Å². The van der Waals surface area contributed by atoms with Gasteiger partial charge in [-0.3, -0.25) is 0 Å². The monoisotopic (exact) mass is 226 g/mol. The summed E-state index contributed by atoms with van der Waals surface area (Å²) in [4.78, 5) is 0. The standard InChI is InChI=1S/C14H14N2O/c17-15-11-5-2-6-12-13(11)10-4-1-3-9-7-8-16(12)14(9)10/h1,3-4,17H,2,5-8H2/b15-11+. The quantitative estimate of drug-likeness (QED) is 0.544. The Kier molecular flexibility index (Phi) is 1.71. The van der Waals surface area contributed by atoms with Crippen molar-refractivity contribution in [2.45, 2.75) is 32.2 Å². The molecule has 0 saturated carbocycles. The zero-order chi connectivity index (χ0) is 11.4. The van der Waals surface area contributed by atoms with Gasteiger partial charge in [0.05, 0.1) is 11.2 Å². The van der Waals surface area contributed by atoms with E-state index in [1.165, 1.54) is 27.7 Å². The van der Waals surface area contributed by atoms with Crippen LogP contribution in [0.5, 0.6) is 0 Å². The Morgan fingerprint density at radius 1 is 1.18 bits per heavy atom. The molecule has 2 aliphatic rings. The van der Waals surface area contributed by atoms with Crippen molar-refractivity contribution < 1.29 is 5.21 Å². The molecule has 0 amide bonds. The first-order valence-corrected chi connectivity index (χ1v) is 6.24. The minimum absolute atomic E-state index is 0.869. The first-order chi connectivity index (χ1) is 8.40. The molecule has 86 valence electrons. The molecule has 1 N–H and O–H groups in total. The number of hydrogen-bond donors (Lipinski definition) is 1. The Hall–Kier alpha value is -1.77. The smallest absolute Gasteiger partial charge is 0.0892 e. The maximum Gasteiger partial charge on any atom is 0.0892 e. The van der Waals surface area contributed by atoms with E-state index in [0.29, 0.717) is 0 Å². The molecule has 17 heavy (non-hydrogen) atoms. The highest BCUT2D eigenvalue weighted by Crippen LogP contribution is 2.37. The van der Waals surface area contributed by atoms with Crippen LogP contribution in [0.2, 0.25) is 0 Å². The number of para-hydroxylation sites is 1. The van der Waals surface area contributed by atoms with E-state index in [1.807, 2.05) is 0 Å². The third-order valence-corrected chi connectivity index (χ3v) is 4.11. The second-order valence-corrected chi connectivity index (χ2v) is 4.94. The van der Waals surface area contributed by atoms with Gasteiger partial charge in [-0.15, -0.1) is 0 Å². The fraction of sp³-hybridized carbons (Fsp3) is 0.357. The van der Waals surface area contributed by atoms with Crippen molar-refractivity contribution in [1.82, 2.24) is 4.57 Å². The molecule has 2 aromatic rings. The van der Waals surface area contributed by atoms with Crippen molar-refractivity contribution in [2.75, 3.05) is 0 Å². The number of benzene rings is 1. The maximum atomic E-state index is 9.17. The van der Waals surface area contributed by atoms with Gasteiger partial charge in [-0.1, -0.05) is 23.4 Å². The Labute approximate surface area is 99.4 Å². The van der Waals surface area contributed by atoms with E-state index < -0.39 is 0 Å². The lowest BCUT2D eigenvalue weighted by Crippen LogP contribution is -2.14. The third kappa shape index (κ3) is 1.04. The summed E-state index contributed by atoms with van der Waals surface area (Å²) in [7, 11) is 0. The number of nitrogens with zero attached hydrogens (tertiary/aromatic N) is 2. The number of hydrogen-bond acceptors (Lipinski definition) is 2. The first-order valence-electron chi connectivity index (χ1n) is 6.24. The van der Waals surface area contributed by atoms with Gasteiger partial charge < -0.3 is 9.77 Å². The van der Waals surface area contributed by atoms with Crippen LogP contribution in [0.15, 0.2) is 23.4 Å². The molecule has 3 nitrogen and oxygen atoms in total. The SMILES string of the molecule is O/N=C1\CCCc2c1c1cccc3c1n2CC3. The first kappa shape index (κ1) is 9.28. The number of aryl methyl sites for hydroxylation is 2. The maximum absolute atomic E-state index is 9.17. The van der Waals surface area contributed by atoms with Crippen LogP contribution in [-0.4, -0.2) is 15.5 Å². The summed E-state index contributed by atoms with van der Waals surface area (Å²) in [6, 6.07) is 6.50. The van der Waals surface area contributed by atoms with Crippen molar-refractivity contribution in [3.05, 3.63) is 35.0 Å². The van der Waals surface area contributed by atoms with Crippen LogP contribution < -0.4 is 0 Å². The van der Waals surface area contributed by atoms with E-state index in [9.17, 15) is 5.21 Å². The average molecular weight is 226 g/mol. The number of oxime groups is 1. The third-order valence-electron chi connectivity index (χ3n) is 4.11. The fourth-order valence-corrected chi connectivity index (χ4v) is 3.45. The van der Waals surface area contributed by atoms with Crippen LogP contribution in [0.4, 0.5) is 0 Å². The van der Waals surface area contributed by atoms with E-state index in [0.717, 1.165) is 37.9 Å². The lowest BCUT2D eigenvalue weighted by molar-refractivity contribution is 0.317. The van der Waals surface area contributed by atoms with Gasteiger partial charge >= 0.3 is 0 Å². The lowest BCUT2D eigenvalue weighted by Gasteiger charge is -2.15. The zero-order valence-electron chi connectivity index (χ0n) is 9.61. The molecule has 0 fully saturated rings. The molecule has 0 atom stereocenters. The van der Waals surface area contributed by atoms with Gasteiger partial charge in [0.25, 0.3) is 0 Å². The molecule has 0 spiro atoms. The lowest BCUT2D eigenvalue weighted by atomic mass is 9.92. The van der Waals surface area contributed by atoms with Crippen LogP contribution in [-0.2, 0) is 19.4 Å². The van der Waals surface area contributed by atoms with Gasteiger partial charge in [-0.2, -0.15) is 0 Å². The Bertz CT molecular complexity index is 652. The molecule has 3 heteroatoms.